The molecule has 0 aromatic carbocycles. The van der Waals surface area contributed by atoms with Crippen molar-refractivity contribution < 1.29 is 9.59 Å². The topological polar surface area (TPSA) is 112 Å². The van der Waals surface area contributed by atoms with Crippen LogP contribution in [0, 0.1) is 0 Å². The number of urea groups is 1. The molecule has 0 spiro atoms. The van der Waals surface area contributed by atoms with Crippen LogP contribution in [0.3, 0.4) is 0 Å². The van der Waals surface area contributed by atoms with E-state index in [1.54, 1.807) is 18.5 Å². The predicted octanol–water partition coefficient (Wildman–Crippen LogP) is 0.0916. The molecule has 0 bridgehead atoms. The lowest BCUT2D eigenvalue weighted by Crippen LogP contribution is -2.38. The smallest absolute Gasteiger partial charge is 0.315 e. The van der Waals surface area contributed by atoms with Crippen LogP contribution in [0.2, 0.25) is 0 Å². The number of hydrogen-bond acceptors (Lipinski definition) is 4. The number of aromatic amines is 1. The second kappa shape index (κ2) is 5.00. The molecule has 8 heteroatoms. The molecule has 2 aromatic heterocycles. The van der Waals surface area contributed by atoms with Crippen LogP contribution in [0.4, 0.5) is 10.6 Å². The molecule has 8 nitrogen and oxygen atoms in total. The molecule has 1 saturated heterocycles. The van der Waals surface area contributed by atoms with Crippen LogP contribution in [0.5, 0.6) is 0 Å². The zero-order chi connectivity index (χ0) is 13.9. The average molecular weight is 272 g/mol. The van der Waals surface area contributed by atoms with Gasteiger partial charge >= 0.3 is 6.03 Å². The zero-order valence-corrected chi connectivity index (χ0v) is 10.4. The summed E-state index contributed by atoms with van der Waals surface area (Å²) in [6, 6.07) is 4.46. The van der Waals surface area contributed by atoms with E-state index in [9.17, 15) is 9.59 Å². The van der Waals surface area contributed by atoms with Crippen LogP contribution in [-0.2, 0) is 4.79 Å². The van der Waals surface area contributed by atoms with Crippen LogP contribution in [0.15, 0.2) is 30.6 Å². The second-order valence-electron chi connectivity index (χ2n) is 4.30. The first-order valence-corrected chi connectivity index (χ1v) is 6.03. The van der Waals surface area contributed by atoms with Crippen molar-refractivity contribution >= 4 is 17.8 Å². The van der Waals surface area contributed by atoms with Gasteiger partial charge in [0.25, 0.3) is 0 Å². The van der Waals surface area contributed by atoms with Crippen molar-refractivity contribution in [3.05, 3.63) is 30.6 Å². The van der Waals surface area contributed by atoms with Gasteiger partial charge in [0.05, 0.1) is 5.69 Å². The Labute approximate surface area is 114 Å². The molecule has 3 heterocycles. The summed E-state index contributed by atoms with van der Waals surface area (Å²) in [4.78, 5) is 26.8. The number of H-pyrrole nitrogens is 1. The number of rotatable bonds is 3. The van der Waals surface area contributed by atoms with Gasteiger partial charge in [0.15, 0.2) is 5.82 Å². The third-order valence-electron chi connectivity index (χ3n) is 2.91. The molecule has 20 heavy (non-hydrogen) atoms. The highest BCUT2D eigenvalue weighted by Crippen LogP contribution is 2.18. The van der Waals surface area contributed by atoms with Crippen LogP contribution in [0.25, 0.3) is 11.3 Å². The Morgan fingerprint density at radius 3 is 2.85 bits per heavy atom. The van der Waals surface area contributed by atoms with Crippen LogP contribution >= 0.6 is 0 Å². The Bertz CT molecular complexity index is 638. The number of anilines is 1. The molecule has 3 amide bonds. The number of pyridine rings is 1. The lowest BCUT2D eigenvalue weighted by Gasteiger charge is -2.06. The summed E-state index contributed by atoms with van der Waals surface area (Å²) in [6.45, 7) is 0.270. The molecule has 1 aliphatic heterocycles. The summed E-state index contributed by atoms with van der Waals surface area (Å²) in [7, 11) is 0. The minimum atomic E-state index is -0.580. The van der Waals surface area contributed by atoms with Crippen molar-refractivity contribution in [1.29, 1.82) is 0 Å². The van der Waals surface area contributed by atoms with E-state index in [1.807, 2.05) is 12.1 Å². The number of carbonyl (C=O) groups excluding carboxylic acids is 2. The zero-order valence-electron chi connectivity index (χ0n) is 10.4. The van der Waals surface area contributed by atoms with Crippen molar-refractivity contribution in [2.45, 2.75) is 6.04 Å². The molecule has 0 unspecified atom stereocenters. The van der Waals surface area contributed by atoms with E-state index in [4.69, 9.17) is 0 Å². The molecule has 3 rings (SSSR count). The van der Waals surface area contributed by atoms with Gasteiger partial charge < -0.3 is 16.0 Å². The summed E-state index contributed by atoms with van der Waals surface area (Å²) in [6.07, 6.45) is 3.35. The molecular formula is C12H12N6O2. The molecule has 1 aliphatic rings. The average Bonchev–Trinajstić information content (AvgIpc) is 3.09. The van der Waals surface area contributed by atoms with Crippen molar-refractivity contribution in [3.63, 3.8) is 0 Å². The molecular weight excluding hydrogens is 260 g/mol. The van der Waals surface area contributed by atoms with E-state index in [1.165, 1.54) is 0 Å². The Kier molecular flexibility index (Phi) is 3.04. The largest absolute Gasteiger partial charge is 0.336 e. The maximum Gasteiger partial charge on any atom is 0.315 e. The highest BCUT2D eigenvalue weighted by atomic mass is 16.2. The van der Waals surface area contributed by atoms with Gasteiger partial charge in [-0.05, 0) is 12.1 Å². The highest BCUT2D eigenvalue weighted by Gasteiger charge is 2.27. The fourth-order valence-corrected chi connectivity index (χ4v) is 1.89. The Morgan fingerprint density at radius 1 is 1.35 bits per heavy atom. The monoisotopic (exact) mass is 272 g/mol. The minimum Gasteiger partial charge on any atom is -0.336 e. The summed E-state index contributed by atoms with van der Waals surface area (Å²) < 4.78 is 0. The first kappa shape index (κ1) is 12.2. The quantitative estimate of drug-likeness (QED) is 0.634. The second-order valence-corrected chi connectivity index (χ2v) is 4.30. The molecule has 0 aliphatic carbocycles. The standard InChI is InChI=1S/C12H12N6O2/c19-11(9-6-14-12(20)15-9)16-10-5-8(17-18-10)7-1-3-13-4-2-7/h1-5,9H,6H2,(H2,14,15,20)(H2,16,17,18,19)/t9-/m1/s1. The minimum absolute atomic E-state index is 0.270. The van der Waals surface area contributed by atoms with Gasteiger partial charge in [0.1, 0.15) is 6.04 Å². The first-order chi connectivity index (χ1) is 9.72. The number of nitrogens with one attached hydrogen (secondary N) is 4. The summed E-state index contributed by atoms with van der Waals surface area (Å²) in [5.74, 6) is 0.0964. The maximum atomic E-state index is 11.9. The number of aromatic nitrogens is 3. The predicted molar refractivity (Wildman–Crippen MR) is 70.8 cm³/mol. The van der Waals surface area contributed by atoms with Crippen LogP contribution in [0.1, 0.15) is 0 Å². The normalized spacial score (nSPS) is 17.4. The van der Waals surface area contributed by atoms with Gasteiger partial charge in [-0.3, -0.25) is 14.9 Å². The Hall–Kier alpha value is -2.90. The third kappa shape index (κ3) is 2.44. The molecule has 0 saturated carbocycles. The highest BCUT2D eigenvalue weighted by molar-refractivity contribution is 5.98. The molecule has 1 fully saturated rings. The van der Waals surface area contributed by atoms with Crippen LogP contribution < -0.4 is 16.0 Å². The van der Waals surface area contributed by atoms with E-state index in [0.29, 0.717) is 5.82 Å². The van der Waals surface area contributed by atoms with Gasteiger partial charge in [0, 0.05) is 30.6 Å². The van der Waals surface area contributed by atoms with Gasteiger partial charge in [-0.15, -0.1) is 0 Å². The van der Waals surface area contributed by atoms with E-state index in [-0.39, 0.29) is 18.5 Å². The molecule has 1 atom stereocenters. The lowest BCUT2D eigenvalue weighted by atomic mass is 10.2. The van der Waals surface area contributed by atoms with Gasteiger partial charge in [0.2, 0.25) is 5.91 Å². The van der Waals surface area contributed by atoms with E-state index in [0.717, 1.165) is 11.3 Å². The summed E-state index contributed by atoms with van der Waals surface area (Å²) in [5.41, 5.74) is 1.69. The Balaban J connectivity index is 1.68. The fraction of sp³-hybridized carbons (Fsp3) is 0.167. The summed E-state index contributed by atoms with van der Waals surface area (Å²) >= 11 is 0. The Morgan fingerprint density at radius 2 is 2.15 bits per heavy atom. The molecule has 2 aromatic rings. The number of hydrogen-bond donors (Lipinski definition) is 4. The SMILES string of the molecule is O=C1NC[C@H](C(=O)Nc2cc(-c3ccncc3)[nH]n2)N1. The van der Waals surface area contributed by atoms with Crippen molar-refractivity contribution in [1.82, 2.24) is 25.8 Å². The van der Waals surface area contributed by atoms with E-state index in [2.05, 4.69) is 31.1 Å². The number of carbonyl (C=O) groups is 2. The molecule has 0 radical (unpaired) electrons. The number of nitrogens with zero attached hydrogens (tertiary/aromatic N) is 2. The lowest BCUT2D eigenvalue weighted by molar-refractivity contribution is -0.117. The first-order valence-electron chi connectivity index (χ1n) is 6.03. The van der Waals surface area contributed by atoms with Crippen molar-refractivity contribution in [2.24, 2.45) is 0 Å². The fourth-order valence-electron chi connectivity index (χ4n) is 1.89. The third-order valence-corrected chi connectivity index (χ3v) is 2.91. The molecule has 102 valence electrons. The molecule has 4 N–H and O–H groups in total. The van der Waals surface area contributed by atoms with Crippen molar-refractivity contribution in [3.8, 4) is 11.3 Å². The van der Waals surface area contributed by atoms with E-state index >= 15 is 0 Å². The van der Waals surface area contributed by atoms with Crippen LogP contribution in [-0.4, -0.2) is 39.7 Å². The van der Waals surface area contributed by atoms with Gasteiger partial charge in [-0.25, -0.2) is 4.79 Å². The summed E-state index contributed by atoms with van der Waals surface area (Å²) in [5, 5.41) is 14.5. The van der Waals surface area contributed by atoms with E-state index < -0.39 is 6.04 Å². The number of amides is 3. The van der Waals surface area contributed by atoms with Gasteiger partial charge in [-0.1, -0.05) is 0 Å². The van der Waals surface area contributed by atoms with Gasteiger partial charge in [-0.2, -0.15) is 5.10 Å². The maximum absolute atomic E-state index is 11.9. The van der Waals surface area contributed by atoms with Crippen molar-refractivity contribution in [2.75, 3.05) is 11.9 Å².